The summed E-state index contributed by atoms with van der Waals surface area (Å²) in [7, 11) is 8.09. The van der Waals surface area contributed by atoms with Gasteiger partial charge in [-0.2, -0.15) is 0 Å². The second-order valence-corrected chi connectivity index (χ2v) is 9.02. The lowest BCUT2D eigenvalue weighted by Gasteiger charge is -2.53. The fourth-order valence-corrected chi connectivity index (χ4v) is 6.22. The van der Waals surface area contributed by atoms with Gasteiger partial charge in [-0.1, -0.05) is 6.07 Å². The maximum atomic E-state index is 5.62. The van der Waals surface area contributed by atoms with Gasteiger partial charge in [0.15, 0.2) is 11.5 Å². The Kier molecular flexibility index (Phi) is 4.68. The molecule has 0 amide bonds. The summed E-state index contributed by atoms with van der Waals surface area (Å²) in [6, 6.07) is 7.27. The van der Waals surface area contributed by atoms with Crippen LogP contribution in [-0.2, 0) is 5.41 Å². The number of hydrogen-bond donors (Lipinski definition) is 0. The molecule has 4 nitrogen and oxygen atoms in total. The number of nitrogens with zero attached hydrogens (tertiary/aromatic N) is 2. The second-order valence-electron chi connectivity index (χ2n) is 9.02. The normalized spacial score (nSPS) is 35.5. The second kappa shape index (κ2) is 6.72. The van der Waals surface area contributed by atoms with Crippen molar-refractivity contribution in [3.63, 3.8) is 0 Å². The van der Waals surface area contributed by atoms with Gasteiger partial charge in [-0.05, 0) is 88.8 Å². The van der Waals surface area contributed by atoms with Crippen LogP contribution in [0.1, 0.15) is 44.1 Å². The van der Waals surface area contributed by atoms with Gasteiger partial charge in [0.05, 0.1) is 14.2 Å². The van der Waals surface area contributed by atoms with Crippen LogP contribution >= 0.6 is 0 Å². The van der Waals surface area contributed by atoms with Crippen molar-refractivity contribution in [3.8, 4) is 11.5 Å². The molecule has 144 valence electrons. The number of fused-ring (bicyclic) bond motifs is 1. The summed E-state index contributed by atoms with van der Waals surface area (Å²) in [6.45, 7) is 3.74. The first-order valence-corrected chi connectivity index (χ1v) is 10.1. The van der Waals surface area contributed by atoms with Crippen LogP contribution in [0.3, 0.4) is 0 Å². The number of ether oxygens (including phenoxy) is 2. The fraction of sp³-hybridized carbons (Fsp3) is 0.727. The summed E-state index contributed by atoms with van der Waals surface area (Å²) in [5.74, 6) is 1.70. The van der Waals surface area contributed by atoms with Crippen molar-refractivity contribution in [2.24, 2.45) is 5.41 Å². The molecule has 0 aromatic heterocycles. The summed E-state index contributed by atoms with van der Waals surface area (Å²) < 4.78 is 11.1. The van der Waals surface area contributed by atoms with Crippen LogP contribution < -0.4 is 9.47 Å². The molecule has 1 aromatic rings. The Labute approximate surface area is 158 Å². The lowest BCUT2D eigenvalue weighted by molar-refractivity contribution is 0.0121. The fourth-order valence-electron chi connectivity index (χ4n) is 6.22. The predicted octanol–water partition coefficient (Wildman–Crippen LogP) is 3.54. The molecule has 3 aliphatic rings. The number of methoxy groups -OCH3 is 2. The van der Waals surface area contributed by atoms with Gasteiger partial charge < -0.3 is 19.3 Å². The Hall–Kier alpha value is -1.26. The molecule has 2 saturated heterocycles. The van der Waals surface area contributed by atoms with E-state index < -0.39 is 0 Å². The van der Waals surface area contributed by atoms with Crippen LogP contribution in [-0.4, -0.2) is 63.8 Å². The van der Waals surface area contributed by atoms with Gasteiger partial charge in [0.1, 0.15) is 0 Å². The topological polar surface area (TPSA) is 24.9 Å². The van der Waals surface area contributed by atoms with Crippen molar-refractivity contribution in [3.05, 3.63) is 23.8 Å². The lowest BCUT2D eigenvalue weighted by atomic mass is 9.57. The Bertz CT molecular complexity index is 664. The quantitative estimate of drug-likeness (QED) is 0.825. The lowest BCUT2D eigenvalue weighted by Crippen LogP contribution is -2.53. The summed E-state index contributed by atoms with van der Waals surface area (Å²) >= 11 is 0. The molecule has 2 heterocycles. The van der Waals surface area contributed by atoms with E-state index in [1.165, 1.54) is 63.7 Å². The molecule has 1 aromatic carbocycles. The Morgan fingerprint density at radius 3 is 2.50 bits per heavy atom. The summed E-state index contributed by atoms with van der Waals surface area (Å²) in [4.78, 5) is 5.19. The van der Waals surface area contributed by atoms with Gasteiger partial charge in [0, 0.05) is 18.0 Å². The molecule has 3 fully saturated rings. The van der Waals surface area contributed by atoms with Crippen molar-refractivity contribution in [1.82, 2.24) is 9.80 Å². The standard InChI is InChI=1S/C22H34N2O2/c1-23-12-5-8-21(16-23)9-10-22(11-13-24(2)20(22)15-21)17-6-7-18(25-3)19(14-17)26-4/h6-7,14,20H,5,8-13,15-16H2,1-4H3/t20-,21?,22-/m0/s1. The summed E-state index contributed by atoms with van der Waals surface area (Å²) in [5, 5.41) is 0. The highest BCUT2D eigenvalue weighted by molar-refractivity contribution is 5.46. The molecule has 2 aliphatic heterocycles. The highest BCUT2D eigenvalue weighted by Crippen LogP contribution is 2.56. The molecule has 3 atom stereocenters. The number of hydrogen-bond acceptors (Lipinski definition) is 4. The van der Waals surface area contributed by atoms with Crippen LogP contribution in [0.5, 0.6) is 11.5 Å². The van der Waals surface area contributed by atoms with Gasteiger partial charge >= 0.3 is 0 Å². The highest BCUT2D eigenvalue weighted by atomic mass is 16.5. The molecule has 0 N–H and O–H groups in total. The number of piperidine rings is 1. The van der Waals surface area contributed by atoms with Crippen LogP contribution in [0.4, 0.5) is 0 Å². The predicted molar refractivity (Wildman–Crippen MR) is 105 cm³/mol. The molecule has 1 aliphatic carbocycles. The van der Waals surface area contributed by atoms with Crippen molar-refractivity contribution >= 4 is 0 Å². The molecular formula is C22H34N2O2. The zero-order chi connectivity index (χ0) is 18.4. The maximum Gasteiger partial charge on any atom is 0.161 e. The van der Waals surface area contributed by atoms with Gasteiger partial charge in [-0.25, -0.2) is 0 Å². The van der Waals surface area contributed by atoms with Crippen molar-refractivity contribution < 1.29 is 9.47 Å². The number of rotatable bonds is 3. The third-order valence-corrected chi connectivity index (χ3v) is 7.62. The molecule has 1 unspecified atom stereocenters. The number of likely N-dealkylation sites (tertiary alicyclic amines) is 2. The molecule has 4 heteroatoms. The van der Waals surface area contributed by atoms with Gasteiger partial charge in [-0.15, -0.1) is 0 Å². The first-order valence-electron chi connectivity index (χ1n) is 10.1. The summed E-state index contributed by atoms with van der Waals surface area (Å²) in [6.07, 6.45) is 8.01. The van der Waals surface area contributed by atoms with Crippen LogP contribution in [0.2, 0.25) is 0 Å². The molecular weight excluding hydrogens is 324 g/mol. The Morgan fingerprint density at radius 2 is 1.77 bits per heavy atom. The molecule has 26 heavy (non-hydrogen) atoms. The van der Waals surface area contributed by atoms with Gasteiger partial charge in [-0.3, -0.25) is 0 Å². The van der Waals surface area contributed by atoms with E-state index in [1.54, 1.807) is 14.2 Å². The first-order chi connectivity index (χ1) is 12.5. The van der Waals surface area contributed by atoms with Gasteiger partial charge in [0.25, 0.3) is 0 Å². The van der Waals surface area contributed by atoms with Crippen molar-refractivity contribution in [2.45, 2.75) is 50.0 Å². The zero-order valence-corrected chi connectivity index (χ0v) is 16.9. The largest absolute Gasteiger partial charge is 0.493 e. The van der Waals surface area contributed by atoms with E-state index in [0.29, 0.717) is 11.5 Å². The highest BCUT2D eigenvalue weighted by Gasteiger charge is 2.54. The monoisotopic (exact) mass is 358 g/mol. The van der Waals surface area contributed by atoms with E-state index in [0.717, 1.165) is 11.5 Å². The van der Waals surface area contributed by atoms with Crippen molar-refractivity contribution in [1.29, 1.82) is 0 Å². The van der Waals surface area contributed by atoms with E-state index in [4.69, 9.17) is 9.47 Å². The molecule has 1 saturated carbocycles. The smallest absolute Gasteiger partial charge is 0.161 e. The summed E-state index contributed by atoms with van der Waals surface area (Å²) in [5.41, 5.74) is 2.25. The minimum Gasteiger partial charge on any atom is -0.493 e. The van der Waals surface area contributed by atoms with Gasteiger partial charge in [0.2, 0.25) is 0 Å². The van der Waals surface area contributed by atoms with E-state index in [9.17, 15) is 0 Å². The average Bonchev–Trinajstić information content (AvgIpc) is 2.98. The van der Waals surface area contributed by atoms with Crippen LogP contribution in [0.15, 0.2) is 18.2 Å². The minimum absolute atomic E-state index is 0.273. The van der Waals surface area contributed by atoms with E-state index in [2.05, 4.69) is 42.1 Å². The molecule has 0 bridgehead atoms. The Balaban J connectivity index is 1.67. The molecule has 4 rings (SSSR count). The zero-order valence-electron chi connectivity index (χ0n) is 16.9. The third kappa shape index (κ3) is 2.82. The van der Waals surface area contributed by atoms with E-state index in [-0.39, 0.29) is 5.41 Å². The number of likely N-dealkylation sites (N-methyl/N-ethyl adjacent to an activating group) is 1. The van der Waals surface area contributed by atoms with E-state index in [1.807, 2.05) is 0 Å². The average molecular weight is 359 g/mol. The first kappa shape index (κ1) is 18.1. The maximum absolute atomic E-state index is 5.62. The van der Waals surface area contributed by atoms with Crippen LogP contribution in [0.25, 0.3) is 0 Å². The molecule has 1 spiro atoms. The third-order valence-electron chi connectivity index (χ3n) is 7.62. The minimum atomic E-state index is 0.273. The molecule has 0 radical (unpaired) electrons. The van der Waals surface area contributed by atoms with Crippen LogP contribution in [0, 0.1) is 5.41 Å². The van der Waals surface area contributed by atoms with Crippen molar-refractivity contribution in [2.75, 3.05) is 47.9 Å². The SMILES string of the molecule is COc1ccc([C@]23CCN(C)[C@H]2CC2(CCCN(C)C2)CC3)cc1OC. The number of benzene rings is 1. The van der Waals surface area contributed by atoms with E-state index >= 15 is 0 Å². The Morgan fingerprint density at radius 1 is 0.962 bits per heavy atom.